The van der Waals surface area contributed by atoms with Crippen molar-refractivity contribution in [3.05, 3.63) is 28.7 Å². The van der Waals surface area contributed by atoms with Crippen molar-refractivity contribution in [2.24, 2.45) is 11.7 Å². The molecule has 0 spiro atoms. The lowest BCUT2D eigenvalue weighted by Gasteiger charge is -2.14. The molecule has 1 aromatic carbocycles. The first-order valence-electron chi connectivity index (χ1n) is 5.93. The van der Waals surface area contributed by atoms with Crippen LogP contribution in [-0.4, -0.2) is 24.2 Å². The largest absolute Gasteiger partial charge is 0.355 e. The smallest absolute Gasteiger partial charge is 0.224 e. The minimum atomic E-state index is -0.116. The average Bonchev–Trinajstić information content (AvgIpc) is 2.37. The summed E-state index contributed by atoms with van der Waals surface area (Å²) in [7, 11) is 0. The van der Waals surface area contributed by atoms with Crippen LogP contribution in [0.5, 0.6) is 0 Å². The third-order valence-electron chi connectivity index (χ3n) is 2.52. The molecule has 0 fully saturated rings. The van der Waals surface area contributed by atoms with Gasteiger partial charge in [0.05, 0.1) is 0 Å². The average molecular weight is 368 g/mol. The van der Waals surface area contributed by atoms with E-state index in [0.29, 0.717) is 18.3 Å². The highest BCUT2D eigenvalue weighted by atomic mass is 79.9. The van der Waals surface area contributed by atoms with E-state index in [1.165, 1.54) is 4.90 Å². The molecule has 0 heterocycles. The summed E-state index contributed by atoms with van der Waals surface area (Å²) < 4.78 is 1.07. The number of nitrogens with one attached hydrogen (secondary N) is 1. The fraction of sp³-hybridized carbons (Fsp3) is 0.462. The van der Waals surface area contributed by atoms with Crippen LogP contribution in [0.3, 0.4) is 0 Å². The molecule has 108 valence electrons. The predicted octanol–water partition coefficient (Wildman–Crippen LogP) is 3.06. The Morgan fingerprint density at radius 3 is 2.47 bits per heavy atom. The fourth-order valence-corrected chi connectivity index (χ4v) is 2.50. The zero-order valence-corrected chi connectivity index (χ0v) is 14.3. The highest BCUT2D eigenvalue weighted by molar-refractivity contribution is 9.10. The Bertz CT molecular complexity index is 389. The highest BCUT2D eigenvalue weighted by Gasteiger charge is 2.12. The molecule has 0 aliphatic heterocycles. The van der Waals surface area contributed by atoms with Crippen molar-refractivity contribution in [3.8, 4) is 0 Å². The molecule has 0 aliphatic rings. The van der Waals surface area contributed by atoms with E-state index in [1.54, 1.807) is 11.8 Å². The Kier molecular flexibility index (Phi) is 9.52. The maximum absolute atomic E-state index is 11.6. The number of amides is 1. The molecule has 0 saturated carbocycles. The van der Waals surface area contributed by atoms with E-state index in [1.807, 2.05) is 19.1 Å². The van der Waals surface area contributed by atoms with E-state index in [2.05, 4.69) is 40.3 Å². The SMILES string of the molecule is CC(CNC(=O)C(C)CN)Sc1ccc(Br)cc1.Cl. The second-order valence-corrected chi connectivity index (χ2v) is 6.69. The van der Waals surface area contributed by atoms with Gasteiger partial charge in [0.1, 0.15) is 0 Å². The molecule has 0 aromatic heterocycles. The first kappa shape index (κ1) is 18.8. The summed E-state index contributed by atoms with van der Waals surface area (Å²) in [5, 5.41) is 3.25. The number of rotatable bonds is 6. The van der Waals surface area contributed by atoms with Gasteiger partial charge in [-0.3, -0.25) is 4.79 Å². The number of carbonyl (C=O) groups is 1. The molecule has 1 aromatic rings. The quantitative estimate of drug-likeness (QED) is 0.760. The summed E-state index contributed by atoms with van der Waals surface area (Å²) in [6.07, 6.45) is 0. The molecule has 0 bridgehead atoms. The summed E-state index contributed by atoms with van der Waals surface area (Å²) in [4.78, 5) is 12.8. The Morgan fingerprint density at radius 1 is 1.37 bits per heavy atom. The van der Waals surface area contributed by atoms with Gasteiger partial charge < -0.3 is 11.1 Å². The number of nitrogens with two attached hydrogens (primary N) is 1. The molecule has 0 aliphatic carbocycles. The van der Waals surface area contributed by atoms with Gasteiger partial charge in [0.2, 0.25) is 5.91 Å². The zero-order valence-electron chi connectivity index (χ0n) is 11.1. The van der Waals surface area contributed by atoms with Crippen LogP contribution in [0.25, 0.3) is 0 Å². The van der Waals surface area contributed by atoms with Gasteiger partial charge in [-0.15, -0.1) is 24.2 Å². The zero-order chi connectivity index (χ0) is 13.5. The van der Waals surface area contributed by atoms with Crippen molar-refractivity contribution < 1.29 is 4.79 Å². The number of thioether (sulfide) groups is 1. The molecule has 1 amide bonds. The van der Waals surface area contributed by atoms with Crippen LogP contribution in [0.1, 0.15) is 13.8 Å². The van der Waals surface area contributed by atoms with Crippen LogP contribution < -0.4 is 11.1 Å². The second kappa shape index (κ2) is 9.64. The normalized spacial score (nSPS) is 13.3. The summed E-state index contributed by atoms with van der Waals surface area (Å²) in [6.45, 7) is 4.98. The number of carbonyl (C=O) groups excluding carboxylic acids is 1. The topological polar surface area (TPSA) is 55.1 Å². The van der Waals surface area contributed by atoms with Crippen LogP contribution in [-0.2, 0) is 4.79 Å². The first-order chi connectivity index (χ1) is 8.52. The molecular formula is C13H20BrClN2OS. The van der Waals surface area contributed by atoms with Crippen molar-refractivity contribution >= 4 is 46.0 Å². The molecule has 0 radical (unpaired) electrons. The summed E-state index contributed by atoms with van der Waals surface area (Å²) in [6, 6.07) is 8.17. The van der Waals surface area contributed by atoms with Crippen molar-refractivity contribution in [1.82, 2.24) is 5.32 Å². The van der Waals surface area contributed by atoms with Crippen molar-refractivity contribution in [3.63, 3.8) is 0 Å². The number of benzene rings is 1. The van der Waals surface area contributed by atoms with E-state index in [4.69, 9.17) is 5.73 Å². The van der Waals surface area contributed by atoms with Crippen molar-refractivity contribution in [2.45, 2.75) is 24.0 Å². The van der Waals surface area contributed by atoms with Crippen molar-refractivity contribution in [2.75, 3.05) is 13.1 Å². The van der Waals surface area contributed by atoms with Gasteiger partial charge in [0, 0.05) is 33.6 Å². The minimum absolute atomic E-state index is 0. The fourth-order valence-electron chi connectivity index (χ4n) is 1.31. The van der Waals surface area contributed by atoms with E-state index < -0.39 is 0 Å². The maximum atomic E-state index is 11.6. The van der Waals surface area contributed by atoms with Gasteiger partial charge in [-0.2, -0.15) is 0 Å². The van der Waals surface area contributed by atoms with E-state index >= 15 is 0 Å². The van der Waals surface area contributed by atoms with Crippen molar-refractivity contribution in [1.29, 1.82) is 0 Å². The third-order valence-corrected chi connectivity index (χ3v) is 4.16. The van der Waals surface area contributed by atoms with E-state index in [-0.39, 0.29) is 24.2 Å². The molecule has 1 rings (SSSR count). The summed E-state index contributed by atoms with van der Waals surface area (Å²) in [5.41, 5.74) is 5.45. The van der Waals surface area contributed by atoms with Crippen LogP contribution in [0.4, 0.5) is 0 Å². The molecule has 3 nitrogen and oxygen atoms in total. The minimum Gasteiger partial charge on any atom is -0.355 e. The highest BCUT2D eigenvalue weighted by Crippen LogP contribution is 2.24. The summed E-state index contributed by atoms with van der Waals surface area (Å²) >= 11 is 5.15. The molecule has 2 unspecified atom stereocenters. The third kappa shape index (κ3) is 7.20. The number of hydrogen-bond donors (Lipinski definition) is 2. The molecular weight excluding hydrogens is 348 g/mol. The Labute approximate surface area is 133 Å². The van der Waals surface area contributed by atoms with Crippen LogP contribution >= 0.6 is 40.1 Å². The second-order valence-electron chi connectivity index (χ2n) is 4.26. The van der Waals surface area contributed by atoms with Gasteiger partial charge in [-0.25, -0.2) is 0 Å². The molecule has 6 heteroatoms. The lowest BCUT2D eigenvalue weighted by molar-refractivity contribution is -0.124. The standard InChI is InChI=1S/C13H19BrN2OS.ClH/c1-9(7-15)13(17)16-8-10(2)18-12-5-3-11(14)4-6-12;/h3-6,9-10H,7-8,15H2,1-2H3,(H,16,17);1H. The first-order valence-corrected chi connectivity index (χ1v) is 7.60. The number of halogens is 2. The van der Waals surface area contributed by atoms with Crippen LogP contribution in [0, 0.1) is 5.92 Å². The van der Waals surface area contributed by atoms with Crippen LogP contribution in [0.2, 0.25) is 0 Å². The molecule has 2 atom stereocenters. The molecule has 19 heavy (non-hydrogen) atoms. The Morgan fingerprint density at radius 2 is 1.95 bits per heavy atom. The van der Waals surface area contributed by atoms with Gasteiger partial charge in [-0.05, 0) is 24.3 Å². The number of hydrogen-bond acceptors (Lipinski definition) is 3. The van der Waals surface area contributed by atoms with Gasteiger partial charge in [-0.1, -0.05) is 29.8 Å². The predicted molar refractivity (Wildman–Crippen MR) is 87.9 cm³/mol. The summed E-state index contributed by atoms with van der Waals surface area (Å²) in [5.74, 6) is -0.0874. The lowest BCUT2D eigenvalue weighted by atomic mass is 10.2. The molecule has 0 saturated heterocycles. The maximum Gasteiger partial charge on any atom is 0.224 e. The van der Waals surface area contributed by atoms with Gasteiger partial charge in [0.15, 0.2) is 0 Å². The van der Waals surface area contributed by atoms with E-state index in [9.17, 15) is 4.79 Å². The van der Waals surface area contributed by atoms with Gasteiger partial charge in [0.25, 0.3) is 0 Å². The Balaban J connectivity index is 0.00000324. The Hall–Kier alpha value is -0.230. The van der Waals surface area contributed by atoms with Gasteiger partial charge >= 0.3 is 0 Å². The van der Waals surface area contributed by atoms with Crippen LogP contribution in [0.15, 0.2) is 33.6 Å². The van der Waals surface area contributed by atoms with E-state index in [0.717, 1.165) is 4.47 Å². The monoisotopic (exact) mass is 366 g/mol. The lowest BCUT2D eigenvalue weighted by Crippen LogP contribution is -2.36. The molecule has 3 N–H and O–H groups in total.